The van der Waals surface area contributed by atoms with Crippen molar-refractivity contribution >= 4 is 46.0 Å². The third-order valence-corrected chi connectivity index (χ3v) is 9.14. The number of anilines is 6. The van der Waals surface area contributed by atoms with Crippen LogP contribution in [0.4, 0.5) is 34.1 Å². The molecule has 1 aliphatic heterocycles. The Hall–Kier alpha value is -6.65. The van der Waals surface area contributed by atoms with Crippen molar-refractivity contribution in [3.05, 3.63) is 204 Å². The second-order valence-corrected chi connectivity index (χ2v) is 12.8. The molecule has 8 rings (SSSR count). The van der Waals surface area contributed by atoms with Gasteiger partial charge in [-0.05, 0) is 133 Å². The van der Waals surface area contributed by atoms with E-state index in [1.54, 1.807) is 6.07 Å². The molecule has 7 aromatic carbocycles. The summed E-state index contributed by atoms with van der Waals surface area (Å²) in [7, 11) is 0. The van der Waals surface area contributed by atoms with Gasteiger partial charge in [-0.2, -0.15) is 0 Å². The molecule has 0 saturated heterocycles. The molecule has 0 radical (unpaired) electrons. The van der Waals surface area contributed by atoms with E-state index in [4.69, 9.17) is 4.74 Å². The van der Waals surface area contributed by atoms with Crippen LogP contribution < -0.4 is 14.5 Å². The number of carbonyl (C=O) groups excluding carboxylic acids is 1. The van der Waals surface area contributed by atoms with Gasteiger partial charge in [0, 0.05) is 34.1 Å². The largest absolute Gasteiger partial charge is 0.452 e. The summed E-state index contributed by atoms with van der Waals surface area (Å²) in [5.74, 6) is 0.850. The van der Waals surface area contributed by atoms with Gasteiger partial charge in [0.2, 0.25) is 5.78 Å². The third-order valence-electron chi connectivity index (χ3n) is 9.14. The van der Waals surface area contributed by atoms with Gasteiger partial charge in [0.25, 0.3) is 0 Å². The van der Waals surface area contributed by atoms with E-state index < -0.39 is 0 Å². The molecular formula is C47H36N2O2. The highest BCUT2D eigenvalue weighted by molar-refractivity contribution is 6.14. The Balaban J connectivity index is 1.08. The van der Waals surface area contributed by atoms with Gasteiger partial charge >= 0.3 is 0 Å². The first-order valence-corrected chi connectivity index (χ1v) is 17.1. The molecule has 1 heterocycles. The maximum atomic E-state index is 12.9. The zero-order chi connectivity index (χ0) is 34.7. The average Bonchev–Trinajstić information content (AvgIpc) is 3.48. The average molecular weight is 661 g/mol. The summed E-state index contributed by atoms with van der Waals surface area (Å²) in [6, 6.07) is 60.7. The summed E-state index contributed by atoms with van der Waals surface area (Å²) in [6.07, 6.45) is 1.81. The lowest BCUT2D eigenvalue weighted by Crippen LogP contribution is -2.10. The standard InChI is InChI=1S/C47H36N2O2/c1-33-10-8-14-42(30-33)48(38-12-4-3-5-13-38)40-26-20-36(21-27-40)37-22-28-41(29-23-37)49(43-15-9-11-34(2)31-43)39-24-18-35(19-25-39)32-46-47(50)44-16-6-7-17-45(44)51-46/h3-32H,1-2H3/b46-32-. The first kappa shape index (κ1) is 31.6. The fourth-order valence-electron chi connectivity index (χ4n) is 6.62. The number of carbonyl (C=O) groups is 1. The fraction of sp³-hybridized carbons (Fsp3) is 0.0426. The van der Waals surface area contributed by atoms with E-state index in [0.29, 0.717) is 17.1 Å². The van der Waals surface area contributed by atoms with Crippen LogP contribution in [0.15, 0.2) is 182 Å². The molecule has 0 fully saturated rings. The van der Waals surface area contributed by atoms with E-state index in [2.05, 4.69) is 157 Å². The summed E-state index contributed by atoms with van der Waals surface area (Å²) in [6.45, 7) is 4.24. The van der Waals surface area contributed by atoms with E-state index >= 15 is 0 Å². The van der Waals surface area contributed by atoms with Gasteiger partial charge in [0.1, 0.15) is 5.75 Å². The maximum Gasteiger partial charge on any atom is 0.231 e. The molecule has 4 nitrogen and oxygen atoms in total. The van der Waals surface area contributed by atoms with Crippen molar-refractivity contribution in [1.29, 1.82) is 0 Å². The van der Waals surface area contributed by atoms with Gasteiger partial charge in [0.05, 0.1) is 5.56 Å². The number of fused-ring (bicyclic) bond motifs is 1. The fourth-order valence-corrected chi connectivity index (χ4v) is 6.62. The monoisotopic (exact) mass is 660 g/mol. The van der Waals surface area contributed by atoms with Crippen molar-refractivity contribution < 1.29 is 9.53 Å². The molecule has 0 aromatic heterocycles. The van der Waals surface area contributed by atoms with E-state index in [9.17, 15) is 4.79 Å². The quantitative estimate of drug-likeness (QED) is 0.152. The lowest BCUT2D eigenvalue weighted by molar-refractivity contribution is 0.101. The minimum atomic E-state index is -0.0920. The van der Waals surface area contributed by atoms with Gasteiger partial charge in [0.15, 0.2) is 5.76 Å². The molecule has 0 unspecified atom stereocenters. The number of rotatable bonds is 8. The van der Waals surface area contributed by atoms with E-state index in [0.717, 1.165) is 50.8 Å². The second kappa shape index (κ2) is 13.7. The Bertz CT molecular complexity index is 2360. The number of ketones is 1. The SMILES string of the molecule is Cc1cccc(N(c2ccccc2)c2ccc(-c3ccc(N(c4ccc(/C=C5\Oc6ccccc6C5=O)cc4)c4cccc(C)c4)cc3)cc2)c1. The Morgan fingerprint density at radius 3 is 1.41 bits per heavy atom. The molecule has 0 saturated carbocycles. The topological polar surface area (TPSA) is 32.8 Å². The first-order chi connectivity index (χ1) is 25.0. The minimum absolute atomic E-state index is 0.0920. The highest BCUT2D eigenvalue weighted by Crippen LogP contribution is 2.39. The van der Waals surface area contributed by atoms with Gasteiger partial charge in [-0.1, -0.05) is 91.0 Å². The van der Waals surface area contributed by atoms with Crippen LogP contribution in [-0.4, -0.2) is 5.78 Å². The number of benzene rings is 7. The van der Waals surface area contributed by atoms with Crippen LogP contribution in [0, 0.1) is 13.8 Å². The van der Waals surface area contributed by atoms with E-state index in [1.807, 2.05) is 42.5 Å². The van der Waals surface area contributed by atoms with Crippen molar-refractivity contribution in [1.82, 2.24) is 0 Å². The normalized spacial score (nSPS) is 12.7. The molecule has 7 aromatic rings. The van der Waals surface area contributed by atoms with Gasteiger partial charge in [-0.15, -0.1) is 0 Å². The van der Waals surface area contributed by atoms with Crippen LogP contribution in [0.3, 0.4) is 0 Å². The number of para-hydroxylation sites is 2. The van der Waals surface area contributed by atoms with Crippen LogP contribution >= 0.6 is 0 Å². The predicted molar refractivity (Wildman–Crippen MR) is 210 cm³/mol. The molecule has 0 amide bonds. The number of Topliss-reactive ketones (excluding diaryl/α,β-unsaturated/α-hetero) is 1. The predicted octanol–water partition coefficient (Wildman–Crippen LogP) is 12.5. The van der Waals surface area contributed by atoms with Crippen molar-refractivity contribution in [3.8, 4) is 16.9 Å². The molecular weight excluding hydrogens is 625 g/mol. The maximum absolute atomic E-state index is 12.9. The van der Waals surface area contributed by atoms with Crippen molar-refractivity contribution in [2.45, 2.75) is 13.8 Å². The van der Waals surface area contributed by atoms with Gasteiger partial charge < -0.3 is 14.5 Å². The summed E-state index contributed by atoms with van der Waals surface area (Å²) < 4.78 is 5.86. The minimum Gasteiger partial charge on any atom is -0.452 e. The van der Waals surface area contributed by atoms with E-state index in [1.165, 1.54) is 11.1 Å². The van der Waals surface area contributed by atoms with Crippen molar-refractivity contribution in [2.75, 3.05) is 9.80 Å². The van der Waals surface area contributed by atoms with Crippen LogP contribution in [-0.2, 0) is 0 Å². The highest BCUT2D eigenvalue weighted by Gasteiger charge is 2.26. The first-order valence-electron chi connectivity index (χ1n) is 17.1. The Kier molecular flexibility index (Phi) is 8.49. The molecule has 246 valence electrons. The molecule has 0 atom stereocenters. The molecule has 0 aliphatic carbocycles. The molecule has 1 aliphatic rings. The molecule has 4 heteroatoms. The highest BCUT2D eigenvalue weighted by atomic mass is 16.5. The van der Waals surface area contributed by atoms with Crippen LogP contribution in [0.25, 0.3) is 17.2 Å². The van der Waals surface area contributed by atoms with Gasteiger partial charge in [-0.3, -0.25) is 4.79 Å². The number of hydrogen-bond donors (Lipinski definition) is 0. The second-order valence-electron chi connectivity index (χ2n) is 12.8. The summed E-state index contributed by atoms with van der Waals surface area (Å²) >= 11 is 0. The zero-order valence-electron chi connectivity index (χ0n) is 28.5. The molecule has 0 N–H and O–H groups in total. The van der Waals surface area contributed by atoms with Gasteiger partial charge in [-0.25, -0.2) is 0 Å². The summed E-state index contributed by atoms with van der Waals surface area (Å²) in [5.41, 5.74) is 12.7. The number of ether oxygens (including phenoxy) is 1. The summed E-state index contributed by atoms with van der Waals surface area (Å²) in [4.78, 5) is 17.4. The number of hydrogen-bond acceptors (Lipinski definition) is 4. The van der Waals surface area contributed by atoms with Crippen LogP contribution in [0.2, 0.25) is 0 Å². The van der Waals surface area contributed by atoms with Crippen molar-refractivity contribution in [2.24, 2.45) is 0 Å². The number of allylic oxidation sites excluding steroid dienone is 1. The van der Waals surface area contributed by atoms with Crippen molar-refractivity contribution in [3.63, 3.8) is 0 Å². The summed E-state index contributed by atoms with van der Waals surface area (Å²) in [5, 5.41) is 0. The number of nitrogens with zero attached hydrogens (tertiary/aromatic N) is 2. The number of aryl methyl sites for hydroxylation is 2. The lowest BCUT2D eigenvalue weighted by Gasteiger charge is -2.26. The Morgan fingerprint density at radius 2 is 0.902 bits per heavy atom. The van der Waals surface area contributed by atoms with Crippen LogP contribution in [0.5, 0.6) is 5.75 Å². The lowest BCUT2D eigenvalue weighted by atomic mass is 10.0. The zero-order valence-corrected chi connectivity index (χ0v) is 28.5. The van der Waals surface area contributed by atoms with E-state index in [-0.39, 0.29) is 5.78 Å². The Labute approximate surface area is 299 Å². The smallest absolute Gasteiger partial charge is 0.231 e. The molecule has 0 spiro atoms. The molecule has 51 heavy (non-hydrogen) atoms. The van der Waals surface area contributed by atoms with Crippen LogP contribution in [0.1, 0.15) is 27.0 Å². The third kappa shape index (κ3) is 6.55. The molecule has 0 bridgehead atoms. The Morgan fingerprint density at radius 1 is 0.451 bits per heavy atom.